The van der Waals surface area contributed by atoms with E-state index in [1.807, 2.05) is 26.0 Å². The Morgan fingerprint density at radius 2 is 1.62 bits per heavy atom. The number of hydrogen-bond acceptors (Lipinski definition) is 1. The SMILES string of the molecule is CC(Br)c1ccc(Cl)cc1Oc1ccc(F)cc1C(C)Br. The largest absolute Gasteiger partial charge is 0.457 e. The third kappa shape index (κ3) is 4.21. The molecule has 0 aliphatic heterocycles. The van der Waals surface area contributed by atoms with Gasteiger partial charge < -0.3 is 4.74 Å². The highest BCUT2D eigenvalue weighted by Crippen LogP contribution is 2.39. The van der Waals surface area contributed by atoms with Crippen molar-refractivity contribution < 1.29 is 9.13 Å². The molecule has 1 nitrogen and oxygen atoms in total. The van der Waals surface area contributed by atoms with E-state index in [2.05, 4.69) is 31.9 Å². The molecular formula is C16H14Br2ClFO. The van der Waals surface area contributed by atoms with E-state index < -0.39 is 0 Å². The van der Waals surface area contributed by atoms with Crippen LogP contribution in [0.25, 0.3) is 0 Å². The number of halogens is 4. The summed E-state index contributed by atoms with van der Waals surface area (Å²) in [7, 11) is 0. The molecule has 21 heavy (non-hydrogen) atoms. The number of alkyl halides is 2. The van der Waals surface area contributed by atoms with Crippen LogP contribution in [0.15, 0.2) is 36.4 Å². The molecule has 5 heteroatoms. The maximum atomic E-state index is 13.4. The first-order valence-electron chi connectivity index (χ1n) is 6.43. The Morgan fingerprint density at radius 1 is 0.952 bits per heavy atom. The molecule has 0 heterocycles. The van der Waals surface area contributed by atoms with Crippen LogP contribution in [0.1, 0.15) is 34.6 Å². The highest BCUT2D eigenvalue weighted by molar-refractivity contribution is 9.09. The Balaban J connectivity index is 2.45. The van der Waals surface area contributed by atoms with Gasteiger partial charge in [0.2, 0.25) is 0 Å². The quantitative estimate of drug-likeness (QED) is 0.461. The smallest absolute Gasteiger partial charge is 0.133 e. The number of rotatable bonds is 4. The second kappa shape index (κ2) is 7.12. The topological polar surface area (TPSA) is 9.23 Å². The van der Waals surface area contributed by atoms with Gasteiger partial charge in [0.15, 0.2) is 0 Å². The van der Waals surface area contributed by atoms with Gasteiger partial charge in [0, 0.05) is 25.8 Å². The molecule has 2 unspecified atom stereocenters. The Labute approximate surface area is 145 Å². The van der Waals surface area contributed by atoms with Crippen LogP contribution in [-0.4, -0.2) is 0 Å². The minimum atomic E-state index is -0.288. The van der Waals surface area contributed by atoms with Gasteiger partial charge in [0.1, 0.15) is 17.3 Å². The van der Waals surface area contributed by atoms with Crippen molar-refractivity contribution in [2.45, 2.75) is 23.5 Å². The van der Waals surface area contributed by atoms with Gasteiger partial charge in [-0.15, -0.1) is 0 Å². The zero-order valence-corrected chi connectivity index (χ0v) is 15.5. The van der Waals surface area contributed by atoms with Crippen molar-refractivity contribution in [3.05, 3.63) is 58.4 Å². The predicted molar refractivity (Wildman–Crippen MR) is 92.6 cm³/mol. The van der Waals surface area contributed by atoms with Crippen molar-refractivity contribution in [1.29, 1.82) is 0 Å². The van der Waals surface area contributed by atoms with E-state index in [0.29, 0.717) is 16.5 Å². The Kier molecular flexibility index (Phi) is 5.69. The molecule has 0 amide bonds. The molecule has 0 aliphatic rings. The summed E-state index contributed by atoms with van der Waals surface area (Å²) in [5.74, 6) is 0.981. The second-order valence-corrected chi connectivity index (χ2v) is 7.88. The van der Waals surface area contributed by atoms with Crippen molar-refractivity contribution in [3.63, 3.8) is 0 Å². The van der Waals surface area contributed by atoms with Gasteiger partial charge in [-0.1, -0.05) is 49.5 Å². The lowest BCUT2D eigenvalue weighted by Gasteiger charge is -2.17. The van der Waals surface area contributed by atoms with Crippen LogP contribution in [0.2, 0.25) is 5.02 Å². The van der Waals surface area contributed by atoms with Crippen LogP contribution < -0.4 is 4.74 Å². The van der Waals surface area contributed by atoms with Gasteiger partial charge in [0.25, 0.3) is 0 Å². The Bertz CT molecular complexity index is 644. The summed E-state index contributed by atoms with van der Waals surface area (Å²) in [5.41, 5.74) is 1.74. The second-order valence-electron chi connectivity index (χ2n) is 4.70. The summed E-state index contributed by atoms with van der Waals surface area (Å²) < 4.78 is 19.4. The third-order valence-electron chi connectivity index (χ3n) is 3.02. The summed E-state index contributed by atoms with van der Waals surface area (Å²) in [5, 5.41) is 0.595. The maximum Gasteiger partial charge on any atom is 0.133 e. The van der Waals surface area contributed by atoms with E-state index in [9.17, 15) is 4.39 Å². The molecular weight excluding hydrogens is 422 g/mol. The van der Waals surface area contributed by atoms with E-state index in [1.54, 1.807) is 12.1 Å². The lowest BCUT2D eigenvalue weighted by Crippen LogP contribution is -1.97. The highest BCUT2D eigenvalue weighted by Gasteiger charge is 2.15. The molecule has 0 N–H and O–H groups in total. The minimum absolute atomic E-state index is 0.0211. The van der Waals surface area contributed by atoms with Gasteiger partial charge >= 0.3 is 0 Å². The lowest BCUT2D eigenvalue weighted by atomic mass is 10.1. The standard InChI is InChI=1S/C16H14Br2ClFO/c1-9(17)13-5-3-11(19)7-16(13)21-15-6-4-12(20)8-14(15)10(2)18/h3-10H,1-2H3. The summed E-state index contributed by atoms with van der Waals surface area (Å²) in [6, 6.07) is 9.98. The first-order valence-corrected chi connectivity index (χ1v) is 8.64. The average molecular weight is 437 g/mol. The monoisotopic (exact) mass is 434 g/mol. The fourth-order valence-electron chi connectivity index (χ4n) is 1.97. The molecule has 0 aromatic heterocycles. The van der Waals surface area contributed by atoms with E-state index in [-0.39, 0.29) is 15.5 Å². The van der Waals surface area contributed by atoms with Crippen LogP contribution in [0.3, 0.4) is 0 Å². The van der Waals surface area contributed by atoms with Crippen molar-refractivity contribution in [1.82, 2.24) is 0 Å². The molecule has 2 rings (SSSR count). The number of benzene rings is 2. The summed E-state index contributed by atoms with van der Waals surface area (Å²) >= 11 is 13.0. The molecule has 2 aromatic rings. The molecule has 112 valence electrons. The summed E-state index contributed by atoms with van der Waals surface area (Å²) in [6.45, 7) is 3.93. The molecule has 0 bridgehead atoms. The van der Waals surface area contributed by atoms with Gasteiger partial charge in [-0.3, -0.25) is 0 Å². The van der Waals surface area contributed by atoms with Crippen molar-refractivity contribution >= 4 is 43.5 Å². The minimum Gasteiger partial charge on any atom is -0.457 e. The summed E-state index contributed by atoms with van der Waals surface area (Å²) in [6.07, 6.45) is 0. The first kappa shape index (κ1) is 16.8. The number of hydrogen-bond donors (Lipinski definition) is 0. The third-order valence-corrected chi connectivity index (χ3v) is 4.25. The molecule has 0 fully saturated rings. The molecule has 0 saturated heterocycles. The Hall–Kier alpha value is -0.580. The van der Waals surface area contributed by atoms with Crippen molar-refractivity contribution in [3.8, 4) is 11.5 Å². The van der Waals surface area contributed by atoms with Crippen LogP contribution >= 0.6 is 43.5 Å². The molecule has 2 aromatic carbocycles. The van der Waals surface area contributed by atoms with Gasteiger partial charge in [-0.2, -0.15) is 0 Å². The van der Waals surface area contributed by atoms with E-state index >= 15 is 0 Å². The zero-order chi connectivity index (χ0) is 15.6. The zero-order valence-electron chi connectivity index (χ0n) is 11.5. The summed E-state index contributed by atoms with van der Waals surface area (Å²) in [4.78, 5) is 0.0993. The van der Waals surface area contributed by atoms with Crippen molar-refractivity contribution in [2.75, 3.05) is 0 Å². The highest BCUT2D eigenvalue weighted by atomic mass is 79.9. The normalized spacial score (nSPS) is 13.8. The molecule has 0 spiro atoms. The van der Waals surface area contributed by atoms with Crippen LogP contribution in [-0.2, 0) is 0 Å². The maximum absolute atomic E-state index is 13.4. The molecule has 0 aliphatic carbocycles. The predicted octanol–water partition coefficient (Wildman–Crippen LogP) is 7.18. The molecule has 0 saturated carbocycles. The fourth-order valence-corrected chi connectivity index (χ4v) is 2.86. The van der Waals surface area contributed by atoms with E-state index in [1.165, 1.54) is 12.1 Å². The molecule has 0 radical (unpaired) electrons. The molecule has 2 atom stereocenters. The van der Waals surface area contributed by atoms with Crippen LogP contribution in [0.4, 0.5) is 4.39 Å². The van der Waals surface area contributed by atoms with E-state index in [0.717, 1.165) is 11.1 Å². The van der Waals surface area contributed by atoms with E-state index in [4.69, 9.17) is 16.3 Å². The van der Waals surface area contributed by atoms with Gasteiger partial charge in [0.05, 0.1) is 0 Å². The van der Waals surface area contributed by atoms with Crippen LogP contribution in [0.5, 0.6) is 11.5 Å². The Morgan fingerprint density at radius 3 is 2.24 bits per heavy atom. The fraction of sp³-hybridized carbons (Fsp3) is 0.250. The first-order chi connectivity index (χ1) is 9.88. The van der Waals surface area contributed by atoms with Gasteiger partial charge in [-0.05, 0) is 44.2 Å². The van der Waals surface area contributed by atoms with Crippen molar-refractivity contribution in [2.24, 2.45) is 0 Å². The lowest BCUT2D eigenvalue weighted by molar-refractivity contribution is 0.468. The van der Waals surface area contributed by atoms with Crippen LogP contribution in [0, 0.1) is 5.82 Å². The number of ether oxygens (including phenoxy) is 1. The van der Waals surface area contributed by atoms with Gasteiger partial charge in [-0.25, -0.2) is 4.39 Å². The average Bonchev–Trinajstić information content (AvgIpc) is 2.40.